The summed E-state index contributed by atoms with van der Waals surface area (Å²) < 4.78 is 9.96. The van der Waals surface area contributed by atoms with Gasteiger partial charge in [-0.05, 0) is 24.3 Å². The molecule has 6 heteroatoms. The molecule has 2 rings (SSSR count). The highest BCUT2D eigenvalue weighted by molar-refractivity contribution is 5.76. The van der Waals surface area contributed by atoms with Crippen LogP contribution in [-0.2, 0) is 9.53 Å². The maximum atomic E-state index is 11.9. The Labute approximate surface area is 124 Å². The molecule has 0 aromatic carbocycles. The number of amides is 1. The van der Waals surface area contributed by atoms with Gasteiger partial charge in [0.05, 0.1) is 25.9 Å². The number of carbonyl (C=O) groups excluding carboxylic acids is 1. The van der Waals surface area contributed by atoms with Gasteiger partial charge in [0, 0.05) is 25.8 Å². The minimum atomic E-state index is -0.264. The predicted octanol–water partition coefficient (Wildman–Crippen LogP) is 1.05. The molecule has 0 unspecified atom stereocenters. The standard InChI is InChI=1S/C15H22N2O4/c1-20-6-5-13(19)17-15(11-7-12(18)8-11)10-3-4-14(21-2)16-9-10/h3-4,9,11-12,15,18H,5-8H2,1-2H3,(H,17,19)/t11?,12?,15-/m1/s1. The van der Waals surface area contributed by atoms with E-state index in [1.165, 1.54) is 0 Å². The molecule has 1 heterocycles. The van der Waals surface area contributed by atoms with Gasteiger partial charge in [0.2, 0.25) is 11.8 Å². The fourth-order valence-electron chi connectivity index (χ4n) is 2.51. The van der Waals surface area contributed by atoms with Crippen LogP contribution in [0.2, 0.25) is 0 Å². The molecule has 0 bridgehead atoms. The van der Waals surface area contributed by atoms with E-state index in [0.717, 1.165) is 5.56 Å². The third kappa shape index (κ3) is 4.15. The fraction of sp³-hybridized carbons (Fsp3) is 0.600. The maximum Gasteiger partial charge on any atom is 0.222 e. The van der Waals surface area contributed by atoms with E-state index in [9.17, 15) is 9.90 Å². The lowest BCUT2D eigenvalue weighted by Gasteiger charge is -2.38. The fourth-order valence-corrected chi connectivity index (χ4v) is 2.51. The summed E-state index contributed by atoms with van der Waals surface area (Å²) in [6, 6.07) is 3.55. The molecule has 1 aromatic heterocycles. The van der Waals surface area contributed by atoms with E-state index in [1.807, 2.05) is 6.07 Å². The van der Waals surface area contributed by atoms with Crippen molar-refractivity contribution in [1.82, 2.24) is 10.3 Å². The molecule has 2 N–H and O–H groups in total. The molecular weight excluding hydrogens is 272 g/mol. The van der Waals surface area contributed by atoms with Crippen molar-refractivity contribution < 1.29 is 19.4 Å². The number of ether oxygens (including phenoxy) is 2. The Bertz CT molecular complexity index is 457. The summed E-state index contributed by atoms with van der Waals surface area (Å²) >= 11 is 0. The predicted molar refractivity (Wildman–Crippen MR) is 76.9 cm³/mol. The number of hydrogen-bond acceptors (Lipinski definition) is 5. The Balaban J connectivity index is 2.05. The molecule has 1 aliphatic rings. The van der Waals surface area contributed by atoms with Crippen LogP contribution in [0.1, 0.15) is 30.9 Å². The molecule has 116 valence electrons. The van der Waals surface area contributed by atoms with Crippen molar-refractivity contribution in [2.75, 3.05) is 20.8 Å². The van der Waals surface area contributed by atoms with Crippen LogP contribution in [0.5, 0.6) is 5.88 Å². The van der Waals surface area contributed by atoms with E-state index in [1.54, 1.807) is 26.5 Å². The Hall–Kier alpha value is -1.66. The smallest absolute Gasteiger partial charge is 0.222 e. The van der Waals surface area contributed by atoms with Crippen LogP contribution in [-0.4, -0.2) is 42.9 Å². The van der Waals surface area contributed by atoms with Crippen molar-refractivity contribution in [2.24, 2.45) is 5.92 Å². The van der Waals surface area contributed by atoms with E-state index in [2.05, 4.69) is 10.3 Å². The van der Waals surface area contributed by atoms with E-state index >= 15 is 0 Å². The molecule has 21 heavy (non-hydrogen) atoms. The summed E-state index contributed by atoms with van der Waals surface area (Å²) in [5, 5.41) is 12.5. The molecule has 1 aliphatic carbocycles. The van der Waals surface area contributed by atoms with Gasteiger partial charge in [-0.25, -0.2) is 4.98 Å². The molecule has 0 saturated heterocycles. The number of pyridine rings is 1. The number of hydrogen-bond donors (Lipinski definition) is 2. The SMILES string of the molecule is COCCC(=O)N[C@H](c1ccc(OC)nc1)C1CC(O)C1. The second-order valence-corrected chi connectivity index (χ2v) is 5.31. The monoisotopic (exact) mass is 294 g/mol. The second kappa shape index (κ2) is 7.38. The van der Waals surface area contributed by atoms with Gasteiger partial charge in [-0.15, -0.1) is 0 Å². The van der Waals surface area contributed by atoms with E-state index in [-0.39, 0.29) is 24.0 Å². The third-order valence-corrected chi connectivity index (χ3v) is 3.80. The minimum absolute atomic E-state index is 0.0564. The van der Waals surface area contributed by atoms with Crippen molar-refractivity contribution in [3.63, 3.8) is 0 Å². The van der Waals surface area contributed by atoms with Crippen molar-refractivity contribution in [3.05, 3.63) is 23.9 Å². The average molecular weight is 294 g/mol. The zero-order valence-electron chi connectivity index (χ0n) is 12.4. The van der Waals surface area contributed by atoms with Gasteiger partial charge < -0.3 is 19.9 Å². The van der Waals surface area contributed by atoms with Gasteiger partial charge in [0.1, 0.15) is 0 Å². The normalized spacial score (nSPS) is 22.2. The Kier molecular flexibility index (Phi) is 5.52. The molecule has 1 amide bonds. The van der Waals surface area contributed by atoms with Crippen molar-refractivity contribution >= 4 is 5.91 Å². The molecule has 1 atom stereocenters. The van der Waals surface area contributed by atoms with Crippen LogP contribution in [0.3, 0.4) is 0 Å². The van der Waals surface area contributed by atoms with Crippen LogP contribution in [0.4, 0.5) is 0 Å². The molecule has 6 nitrogen and oxygen atoms in total. The van der Waals surface area contributed by atoms with Crippen LogP contribution in [0, 0.1) is 5.92 Å². The van der Waals surface area contributed by atoms with E-state index in [0.29, 0.717) is 31.7 Å². The van der Waals surface area contributed by atoms with Gasteiger partial charge in [-0.2, -0.15) is 0 Å². The quantitative estimate of drug-likeness (QED) is 0.786. The Morgan fingerprint density at radius 2 is 2.24 bits per heavy atom. The summed E-state index contributed by atoms with van der Waals surface area (Å²) in [4.78, 5) is 16.1. The highest BCUT2D eigenvalue weighted by atomic mass is 16.5. The van der Waals surface area contributed by atoms with Crippen LogP contribution in [0.25, 0.3) is 0 Å². The lowest BCUT2D eigenvalue weighted by Crippen LogP contribution is -2.41. The summed E-state index contributed by atoms with van der Waals surface area (Å²) in [7, 11) is 3.13. The molecular formula is C15H22N2O4. The third-order valence-electron chi connectivity index (χ3n) is 3.80. The number of nitrogens with zero attached hydrogens (tertiary/aromatic N) is 1. The molecule has 1 aromatic rings. The highest BCUT2D eigenvalue weighted by Crippen LogP contribution is 2.38. The highest BCUT2D eigenvalue weighted by Gasteiger charge is 2.35. The zero-order valence-corrected chi connectivity index (χ0v) is 12.4. The van der Waals surface area contributed by atoms with Crippen molar-refractivity contribution in [3.8, 4) is 5.88 Å². The maximum absolute atomic E-state index is 11.9. The number of aromatic nitrogens is 1. The number of nitrogens with one attached hydrogen (secondary N) is 1. The van der Waals surface area contributed by atoms with Gasteiger partial charge in [-0.1, -0.05) is 6.07 Å². The lowest BCUT2D eigenvalue weighted by atomic mass is 9.75. The largest absolute Gasteiger partial charge is 0.481 e. The number of rotatable bonds is 7. The van der Waals surface area contributed by atoms with Crippen LogP contribution < -0.4 is 10.1 Å². The number of methoxy groups -OCH3 is 2. The van der Waals surface area contributed by atoms with Gasteiger partial charge >= 0.3 is 0 Å². The van der Waals surface area contributed by atoms with Crippen molar-refractivity contribution in [1.29, 1.82) is 0 Å². The first-order valence-electron chi connectivity index (χ1n) is 7.10. The Morgan fingerprint density at radius 3 is 2.76 bits per heavy atom. The number of aliphatic hydroxyl groups excluding tert-OH is 1. The first-order chi connectivity index (χ1) is 10.1. The van der Waals surface area contributed by atoms with Crippen LogP contribution in [0.15, 0.2) is 18.3 Å². The van der Waals surface area contributed by atoms with Crippen molar-refractivity contribution in [2.45, 2.75) is 31.4 Å². The first kappa shape index (κ1) is 15.7. The number of carbonyl (C=O) groups is 1. The molecule has 0 aliphatic heterocycles. The molecule has 1 saturated carbocycles. The van der Waals surface area contributed by atoms with E-state index < -0.39 is 0 Å². The lowest BCUT2D eigenvalue weighted by molar-refractivity contribution is -0.123. The minimum Gasteiger partial charge on any atom is -0.481 e. The van der Waals surface area contributed by atoms with Gasteiger partial charge in [0.25, 0.3) is 0 Å². The average Bonchev–Trinajstić information content (AvgIpc) is 2.48. The van der Waals surface area contributed by atoms with Gasteiger partial charge in [-0.3, -0.25) is 4.79 Å². The van der Waals surface area contributed by atoms with Crippen LogP contribution >= 0.6 is 0 Å². The molecule has 0 spiro atoms. The summed E-state index contributed by atoms with van der Waals surface area (Å²) in [5.41, 5.74) is 0.929. The molecule has 0 radical (unpaired) electrons. The first-order valence-corrected chi connectivity index (χ1v) is 7.10. The molecule has 1 fully saturated rings. The summed E-state index contributed by atoms with van der Waals surface area (Å²) in [6.45, 7) is 0.396. The summed E-state index contributed by atoms with van der Waals surface area (Å²) in [5.74, 6) is 0.720. The van der Waals surface area contributed by atoms with Gasteiger partial charge in [0.15, 0.2) is 0 Å². The Morgan fingerprint density at radius 1 is 1.48 bits per heavy atom. The van der Waals surface area contributed by atoms with E-state index in [4.69, 9.17) is 9.47 Å². The number of aliphatic hydroxyl groups is 1. The topological polar surface area (TPSA) is 80.7 Å². The second-order valence-electron chi connectivity index (χ2n) is 5.31. The zero-order chi connectivity index (χ0) is 15.2. The summed E-state index contributed by atoms with van der Waals surface area (Å²) in [6.07, 6.45) is 3.17.